The number of ether oxygens (including phenoxy) is 1. The molecule has 0 aliphatic carbocycles. The van der Waals surface area contributed by atoms with Gasteiger partial charge in [-0.15, -0.1) is 0 Å². The molecule has 1 saturated heterocycles. The van der Waals surface area contributed by atoms with E-state index in [1.54, 1.807) is 0 Å². The molecule has 1 aliphatic heterocycles. The molecule has 0 aromatic rings. The summed E-state index contributed by atoms with van der Waals surface area (Å²) in [5.41, 5.74) is 6.11. The average Bonchev–Trinajstić information content (AvgIpc) is 3.01. The predicted molar refractivity (Wildman–Crippen MR) is 79.3 cm³/mol. The number of unbranched alkanes of at least 4 members (excludes halogenated alkanes) is 1. The van der Waals surface area contributed by atoms with Crippen molar-refractivity contribution in [1.82, 2.24) is 0 Å². The molecule has 0 spiro atoms. The van der Waals surface area contributed by atoms with Crippen LogP contribution in [0.3, 0.4) is 0 Å². The number of rotatable bonds is 7. The highest BCUT2D eigenvalue weighted by molar-refractivity contribution is 6.74. The standard InChI is InChI=1S/C14H31NO2Si/c1-7-8-9-11(15)13-12(17-13)10-16-18(5,6)14(2,3)4/h11-13H,7-10,15H2,1-6H3/t11-,12+,13+/m1/s1. The SMILES string of the molecule is CCCC[C@@H](N)[C@@H]1O[C@H]1CO[Si](C)(C)C(C)(C)C. The summed E-state index contributed by atoms with van der Waals surface area (Å²) in [5, 5.41) is 0.266. The van der Waals surface area contributed by atoms with Crippen LogP contribution in [0.2, 0.25) is 18.1 Å². The third kappa shape index (κ3) is 4.33. The lowest BCUT2D eigenvalue weighted by Crippen LogP contribution is -2.42. The van der Waals surface area contributed by atoms with E-state index < -0.39 is 8.32 Å². The Kier molecular flexibility index (Phi) is 5.41. The van der Waals surface area contributed by atoms with Gasteiger partial charge in [0.1, 0.15) is 12.2 Å². The van der Waals surface area contributed by atoms with Crippen LogP contribution in [0.4, 0.5) is 0 Å². The molecule has 2 N–H and O–H groups in total. The molecule has 18 heavy (non-hydrogen) atoms. The van der Waals surface area contributed by atoms with Crippen molar-refractivity contribution in [2.45, 2.75) is 83.3 Å². The van der Waals surface area contributed by atoms with E-state index in [1.165, 1.54) is 12.8 Å². The molecule has 0 saturated carbocycles. The molecule has 0 aromatic carbocycles. The highest BCUT2D eigenvalue weighted by atomic mass is 28.4. The summed E-state index contributed by atoms with van der Waals surface area (Å²) in [5.74, 6) is 0. The topological polar surface area (TPSA) is 47.8 Å². The van der Waals surface area contributed by atoms with Gasteiger partial charge in [0.2, 0.25) is 0 Å². The summed E-state index contributed by atoms with van der Waals surface area (Å²) in [6.45, 7) is 14.3. The van der Waals surface area contributed by atoms with E-state index in [1.807, 2.05) is 0 Å². The van der Waals surface area contributed by atoms with Crippen LogP contribution in [0.25, 0.3) is 0 Å². The molecule has 0 amide bonds. The first-order chi connectivity index (χ1) is 8.19. The highest BCUT2D eigenvalue weighted by Gasteiger charge is 2.45. The summed E-state index contributed by atoms with van der Waals surface area (Å²) in [7, 11) is -1.64. The number of hydrogen-bond acceptors (Lipinski definition) is 3. The van der Waals surface area contributed by atoms with Gasteiger partial charge in [-0.1, -0.05) is 40.5 Å². The Hall–Kier alpha value is 0.0969. The van der Waals surface area contributed by atoms with Crippen LogP contribution in [0, 0.1) is 0 Å². The maximum absolute atomic E-state index is 6.16. The van der Waals surface area contributed by atoms with Crippen molar-refractivity contribution < 1.29 is 9.16 Å². The van der Waals surface area contributed by atoms with Crippen LogP contribution in [0.5, 0.6) is 0 Å². The molecule has 3 nitrogen and oxygen atoms in total. The van der Waals surface area contributed by atoms with Crippen molar-refractivity contribution >= 4 is 8.32 Å². The van der Waals surface area contributed by atoms with Gasteiger partial charge in [0.25, 0.3) is 0 Å². The second-order valence-electron chi connectivity index (χ2n) is 7.02. The van der Waals surface area contributed by atoms with E-state index in [0.29, 0.717) is 0 Å². The van der Waals surface area contributed by atoms with Gasteiger partial charge in [0, 0.05) is 6.04 Å². The van der Waals surface area contributed by atoms with Crippen molar-refractivity contribution in [2.24, 2.45) is 5.73 Å². The summed E-state index contributed by atoms with van der Waals surface area (Å²) in [6, 6.07) is 0.193. The van der Waals surface area contributed by atoms with Crippen LogP contribution >= 0.6 is 0 Å². The van der Waals surface area contributed by atoms with Gasteiger partial charge in [0.15, 0.2) is 8.32 Å². The lowest BCUT2D eigenvalue weighted by atomic mass is 10.1. The summed E-state index contributed by atoms with van der Waals surface area (Å²) >= 11 is 0. The van der Waals surface area contributed by atoms with E-state index in [-0.39, 0.29) is 23.3 Å². The fraction of sp³-hybridized carbons (Fsp3) is 1.00. The van der Waals surface area contributed by atoms with E-state index in [4.69, 9.17) is 14.9 Å². The quantitative estimate of drug-likeness (QED) is 0.572. The lowest BCUT2D eigenvalue weighted by Gasteiger charge is -2.36. The molecule has 1 rings (SSSR count). The maximum atomic E-state index is 6.16. The second-order valence-corrected chi connectivity index (χ2v) is 11.8. The van der Waals surface area contributed by atoms with Crippen LogP contribution in [0.15, 0.2) is 0 Å². The smallest absolute Gasteiger partial charge is 0.192 e. The molecule has 4 heteroatoms. The molecular weight excluding hydrogens is 242 g/mol. The van der Waals surface area contributed by atoms with Crippen molar-refractivity contribution in [2.75, 3.05) is 6.61 Å². The molecule has 0 unspecified atom stereocenters. The van der Waals surface area contributed by atoms with Crippen molar-refractivity contribution in [3.8, 4) is 0 Å². The van der Waals surface area contributed by atoms with Crippen LogP contribution in [-0.2, 0) is 9.16 Å². The minimum atomic E-state index is -1.64. The average molecular weight is 273 g/mol. The Morgan fingerprint density at radius 3 is 2.44 bits per heavy atom. The Morgan fingerprint density at radius 2 is 1.94 bits per heavy atom. The minimum absolute atomic E-state index is 0.193. The number of epoxide rings is 1. The molecule has 0 aromatic heterocycles. The Labute approximate surface area is 114 Å². The van der Waals surface area contributed by atoms with Crippen LogP contribution in [-0.4, -0.2) is 33.2 Å². The monoisotopic (exact) mass is 273 g/mol. The fourth-order valence-electron chi connectivity index (χ4n) is 1.78. The first-order valence-corrected chi connectivity index (χ1v) is 10.1. The van der Waals surface area contributed by atoms with Gasteiger partial charge in [-0.3, -0.25) is 0 Å². The Morgan fingerprint density at radius 1 is 1.33 bits per heavy atom. The summed E-state index contributed by atoms with van der Waals surface area (Å²) < 4.78 is 11.8. The van der Waals surface area contributed by atoms with Crippen LogP contribution < -0.4 is 5.73 Å². The van der Waals surface area contributed by atoms with Crippen molar-refractivity contribution in [3.63, 3.8) is 0 Å². The Balaban J connectivity index is 2.27. The van der Waals surface area contributed by atoms with E-state index in [2.05, 4.69) is 40.8 Å². The molecule has 108 valence electrons. The largest absolute Gasteiger partial charge is 0.414 e. The van der Waals surface area contributed by atoms with Crippen molar-refractivity contribution in [1.29, 1.82) is 0 Å². The molecular formula is C14H31NO2Si. The minimum Gasteiger partial charge on any atom is -0.414 e. The van der Waals surface area contributed by atoms with Gasteiger partial charge < -0.3 is 14.9 Å². The summed E-state index contributed by atoms with van der Waals surface area (Å²) in [4.78, 5) is 0. The molecule has 1 aliphatic rings. The van der Waals surface area contributed by atoms with Crippen molar-refractivity contribution in [3.05, 3.63) is 0 Å². The van der Waals surface area contributed by atoms with E-state index >= 15 is 0 Å². The van der Waals surface area contributed by atoms with Gasteiger partial charge >= 0.3 is 0 Å². The lowest BCUT2D eigenvalue weighted by molar-refractivity contribution is 0.240. The third-order valence-electron chi connectivity index (χ3n) is 4.35. The fourth-order valence-corrected chi connectivity index (χ4v) is 2.79. The number of nitrogens with two attached hydrogens (primary N) is 1. The predicted octanol–water partition coefficient (Wildman–Crippen LogP) is 3.29. The first kappa shape index (κ1) is 16.2. The van der Waals surface area contributed by atoms with Gasteiger partial charge in [-0.2, -0.15) is 0 Å². The first-order valence-electron chi connectivity index (χ1n) is 7.24. The molecule has 1 heterocycles. The molecule has 0 bridgehead atoms. The van der Waals surface area contributed by atoms with Gasteiger partial charge in [0.05, 0.1) is 6.61 Å². The summed E-state index contributed by atoms with van der Waals surface area (Å²) in [6.07, 6.45) is 3.94. The molecule has 3 atom stereocenters. The van der Waals surface area contributed by atoms with Gasteiger partial charge in [-0.05, 0) is 24.6 Å². The molecule has 1 fully saturated rings. The van der Waals surface area contributed by atoms with E-state index in [0.717, 1.165) is 13.0 Å². The second kappa shape index (κ2) is 6.03. The van der Waals surface area contributed by atoms with E-state index in [9.17, 15) is 0 Å². The zero-order valence-electron chi connectivity index (χ0n) is 13.0. The third-order valence-corrected chi connectivity index (χ3v) is 8.85. The van der Waals surface area contributed by atoms with Gasteiger partial charge in [-0.25, -0.2) is 0 Å². The van der Waals surface area contributed by atoms with Crippen LogP contribution in [0.1, 0.15) is 47.0 Å². The maximum Gasteiger partial charge on any atom is 0.192 e. The number of hydrogen-bond donors (Lipinski definition) is 1. The zero-order valence-corrected chi connectivity index (χ0v) is 14.0. The Bertz CT molecular complexity index is 263. The highest BCUT2D eigenvalue weighted by Crippen LogP contribution is 2.38. The normalized spacial score (nSPS) is 26.2. The zero-order chi connectivity index (χ0) is 14.0. The molecule has 0 radical (unpaired) electrons.